The van der Waals surface area contributed by atoms with Gasteiger partial charge in [-0.2, -0.15) is 5.10 Å². The number of hydrogen-bond acceptors (Lipinski definition) is 3. The molecule has 0 aliphatic heterocycles. The van der Waals surface area contributed by atoms with E-state index in [1.807, 2.05) is 37.4 Å². The smallest absolute Gasteiger partial charge is 0.171 e. The average molecular weight is 247 g/mol. The summed E-state index contributed by atoms with van der Waals surface area (Å²) in [6.07, 6.45) is 1.66. The number of aromatic nitrogens is 3. The third kappa shape index (κ3) is 3.53. The second-order valence-electron chi connectivity index (χ2n) is 3.51. The van der Waals surface area contributed by atoms with Crippen LogP contribution in [0.5, 0.6) is 0 Å². The fraction of sp³-hybridized carbons (Fsp3) is 0.182. The van der Waals surface area contributed by atoms with Crippen LogP contribution in [0.2, 0.25) is 0 Å². The van der Waals surface area contributed by atoms with E-state index in [9.17, 15) is 0 Å². The van der Waals surface area contributed by atoms with Crippen molar-refractivity contribution in [3.63, 3.8) is 0 Å². The van der Waals surface area contributed by atoms with Gasteiger partial charge in [-0.1, -0.05) is 18.2 Å². The Bertz CT molecular complexity index is 494. The Balaban J connectivity index is 1.82. The molecule has 0 spiro atoms. The Kier molecular flexibility index (Phi) is 3.66. The summed E-state index contributed by atoms with van der Waals surface area (Å²) in [4.78, 5) is 4.10. The summed E-state index contributed by atoms with van der Waals surface area (Å²) in [5, 5.41) is 10.8. The number of nitrogens with one attached hydrogen (secondary N) is 2. The van der Waals surface area contributed by atoms with Gasteiger partial charge in [0, 0.05) is 12.7 Å². The quantitative estimate of drug-likeness (QED) is 0.801. The van der Waals surface area contributed by atoms with Gasteiger partial charge in [0.1, 0.15) is 6.33 Å². The molecule has 0 amide bonds. The fourth-order valence-corrected chi connectivity index (χ4v) is 1.51. The van der Waals surface area contributed by atoms with Gasteiger partial charge >= 0.3 is 0 Å². The van der Waals surface area contributed by atoms with Gasteiger partial charge in [-0.25, -0.2) is 4.98 Å². The Hall–Kier alpha value is -1.95. The van der Waals surface area contributed by atoms with E-state index in [1.165, 1.54) is 0 Å². The lowest BCUT2D eigenvalue weighted by Gasteiger charge is -2.08. The predicted molar refractivity (Wildman–Crippen MR) is 70.5 cm³/mol. The molecular weight excluding hydrogens is 234 g/mol. The van der Waals surface area contributed by atoms with E-state index in [-0.39, 0.29) is 0 Å². The highest BCUT2D eigenvalue weighted by Gasteiger charge is 2.00. The molecule has 0 fully saturated rings. The van der Waals surface area contributed by atoms with E-state index in [0.717, 1.165) is 5.69 Å². The van der Waals surface area contributed by atoms with E-state index in [1.54, 1.807) is 11.0 Å². The predicted octanol–water partition coefficient (Wildman–Crippen LogP) is 1.30. The molecule has 5 nitrogen and oxygen atoms in total. The van der Waals surface area contributed by atoms with Gasteiger partial charge in [0.05, 0.1) is 6.54 Å². The number of nitrogens with zero attached hydrogens (tertiary/aromatic N) is 3. The van der Waals surface area contributed by atoms with Crippen molar-refractivity contribution in [1.29, 1.82) is 0 Å². The van der Waals surface area contributed by atoms with Crippen molar-refractivity contribution >= 4 is 23.0 Å². The van der Waals surface area contributed by atoms with Crippen LogP contribution in [0.1, 0.15) is 5.82 Å². The summed E-state index contributed by atoms with van der Waals surface area (Å²) >= 11 is 5.16. The molecule has 0 bridgehead atoms. The van der Waals surface area contributed by atoms with Crippen molar-refractivity contribution in [3.8, 4) is 0 Å². The molecule has 88 valence electrons. The first-order chi connectivity index (χ1) is 8.24. The van der Waals surface area contributed by atoms with Crippen LogP contribution in [-0.2, 0) is 13.6 Å². The Labute approximate surface area is 105 Å². The van der Waals surface area contributed by atoms with Crippen LogP contribution in [-0.4, -0.2) is 19.9 Å². The van der Waals surface area contributed by atoms with Gasteiger partial charge in [-0.15, -0.1) is 0 Å². The first-order valence-corrected chi connectivity index (χ1v) is 5.59. The van der Waals surface area contributed by atoms with Crippen molar-refractivity contribution in [2.24, 2.45) is 7.05 Å². The van der Waals surface area contributed by atoms with Crippen LogP contribution >= 0.6 is 12.2 Å². The van der Waals surface area contributed by atoms with E-state index in [2.05, 4.69) is 20.7 Å². The van der Waals surface area contributed by atoms with Gasteiger partial charge in [0.2, 0.25) is 0 Å². The molecule has 2 N–H and O–H groups in total. The van der Waals surface area contributed by atoms with Crippen molar-refractivity contribution in [2.75, 3.05) is 5.32 Å². The zero-order valence-corrected chi connectivity index (χ0v) is 10.2. The minimum Gasteiger partial charge on any atom is -0.355 e. The second kappa shape index (κ2) is 5.40. The summed E-state index contributed by atoms with van der Waals surface area (Å²) in [5.41, 5.74) is 0.957. The maximum atomic E-state index is 5.16. The normalized spacial score (nSPS) is 9.94. The number of hydrogen-bond donors (Lipinski definition) is 2. The molecule has 0 atom stereocenters. The van der Waals surface area contributed by atoms with Gasteiger partial charge in [-0.05, 0) is 24.4 Å². The molecule has 1 aromatic carbocycles. The molecule has 2 aromatic rings. The lowest BCUT2D eigenvalue weighted by Crippen LogP contribution is -2.28. The van der Waals surface area contributed by atoms with Crippen LogP contribution in [0.3, 0.4) is 0 Å². The summed E-state index contributed by atoms with van der Waals surface area (Å²) in [5.74, 6) is 0.713. The highest BCUT2D eigenvalue weighted by Crippen LogP contribution is 2.04. The van der Waals surface area contributed by atoms with Gasteiger partial charge in [0.25, 0.3) is 0 Å². The monoisotopic (exact) mass is 247 g/mol. The Morgan fingerprint density at radius 2 is 2.12 bits per heavy atom. The summed E-state index contributed by atoms with van der Waals surface area (Å²) in [6, 6.07) is 9.76. The first kappa shape index (κ1) is 11.5. The van der Waals surface area contributed by atoms with E-state index >= 15 is 0 Å². The lowest BCUT2D eigenvalue weighted by molar-refractivity contribution is 0.730. The number of thiocarbonyl (C=S) groups is 1. The maximum Gasteiger partial charge on any atom is 0.171 e. The van der Waals surface area contributed by atoms with Crippen LogP contribution in [0.15, 0.2) is 36.7 Å². The van der Waals surface area contributed by atoms with Gasteiger partial charge < -0.3 is 10.6 Å². The molecule has 17 heavy (non-hydrogen) atoms. The van der Waals surface area contributed by atoms with Crippen LogP contribution in [0.25, 0.3) is 0 Å². The lowest BCUT2D eigenvalue weighted by atomic mass is 10.3. The molecule has 1 aromatic heterocycles. The van der Waals surface area contributed by atoms with Crippen molar-refractivity contribution in [3.05, 3.63) is 42.5 Å². The van der Waals surface area contributed by atoms with Crippen LogP contribution < -0.4 is 10.6 Å². The van der Waals surface area contributed by atoms with Crippen molar-refractivity contribution < 1.29 is 0 Å². The summed E-state index contributed by atoms with van der Waals surface area (Å²) in [6.45, 7) is 0.513. The molecular formula is C11H13N5S. The topological polar surface area (TPSA) is 54.8 Å². The highest BCUT2D eigenvalue weighted by atomic mass is 32.1. The fourth-order valence-electron chi connectivity index (χ4n) is 1.32. The molecule has 2 rings (SSSR count). The highest BCUT2D eigenvalue weighted by molar-refractivity contribution is 7.80. The number of anilines is 1. The molecule has 0 unspecified atom stereocenters. The van der Waals surface area contributed by atoms with E-state index in [4.69, 9.17) is 12.2 Å². The maximum absolute atomic E-state index is 5.16. The number of para-hydroxylation sites is 1. The average Bonchev–Trinajstić information content (AvgIpc) is 2.74. The van der Waals surface area contributed by atoms with Crippen molar-refractivity contribution in [2.45, 2.75) is 6.54 Å². The third-order valence-corrected chi connectivity index (χ3v) is 2.33. The summed E-state index contributed by atoms with van der Waals surface area (Å²) in [7, 11) is 1.83. The van der Waals surface area contributed by atoms with E-state index in [0.29, 0.717) is 17.5 Å². The SMILES string of the molecule is Cn1cnc(CNC(=S)Nc2ccccc2)n1. The molecule has 1 heterocycles. The Morgan fingerprint density at radius 1 is 1.35 bits per heavy atom. The van der Waals surface area contributed by atoms with Crippen LogP contribution in [0, 0.1) is 0 Å². The minimum atomic E-state index is 0.513. The molecule has 0 aliphatic rings. The van der Waals surface area contributed by atoms with Crippen molar-refractivity contribution in [1.82, 2.24) is 20.1 Å². The Morgan fingerprint density at radius 3 is 2.76 bits per heavy atom. The zero-order chi connectivity index (χ0) is 12.1. The molecule has 0 aliphatic carbocycles. The van der Waals surface area contributed by atoms with E-state index < -0.39 is 0 Å². The number of aryl methyl sites for hydroxylation is 1. The van der Waals surface area contributed by atoms with Crippen LogP contribution in [0.4, 0.5) is 5.69 Å². The van der Waals surface area contributed by atoms with Gasteiger partial charge in [0.15, 0.2) is 10.9 Å². The first-order valence-electron chi connectivity index (χ1n) is 5.18. The summed E-state index contributed by atoms with van der Waals surface area (Å²) < 4.78 is 1.66. The zero-order valence-electron chi connectivity index (χ0n) is 9.42. The third-order valence-electron chi connectivity index (χ3n) is 2.09. The molecule has 6 heteroatoms. The number of rotatable bonds is 3. The number of benzene rings is 1. The largest absolute Gasteiger partial charge is 0.355 e. The van der Waals surface area contributed by atoms with Gasteiger partial charge in [-0.3, -0.25) is 4.68 Å². The standard InChI is InChI=1S/C11H13N5S/c1-16-8-13-10(15-16)7-12-11(17)14-9-5-3-2-4-6-9/h2-6,8H,7H2,1H3,(H2,12,14,17). The molecule has 0 radical (unpaired) electrons. The molecule has 0 saturated heterocycles. The molecule has 0 saturated carbocycles. The second-order valence-corrected chi connectivity index (χ2v) is 3.92. The minimum absolute atomic E-state index is 0.513.